The smallest absolute Gasteiger partial charge is 0.471 e. The third-order valence-corrected chi connectivity index (χ3v) is 2.47. The number of rotatable bonds is 4. The third-order valence-electron chi connectivity index (χ3n) is 2.47. The zero-order valence-corrected chi connectivity index (χ0v) is 9.18. The maximum Gasteiger partial charge on any atom is 0.471 e. The van der Waals surface area contributed by atoms with Gasteiger partial charge in [0.1, 0.15) is 6.04 Å². The van der Waals surface area contributed by atoms with Gasteiger partial charge in [-0.15, -0.1) is 0 Å². The predicted octanol–water partition coefficient (Wildman–Crippen LogP) is 1.55. The Morgan fingerprint density at radius 3 is 2.00 bits per heavy atom. The highest BCUT2D eigenvalue weighted by molar-refractivity contribution is 5.87. The summed E-state index contributed by atoms with van der Waals surface area (Å²) in [4.78, 5) is 21.4. The van der Waals surface area contributed by atoms with Gasteiger partial charge in [-0.3, -0.25) is 4.79 Å². The Morgan fingerprint density at radius 1 is 1.31 bits per heavy atom. The number of carboxylic acid groups (broad SMARTS) is 1. The van der Waals surface area contributed by atoms with E-state index in [0.717, 1.165) is 0 Å². The van der Waals surface area contributed by atoms with E-state index in [1.807, 2.05) is 0 Å². The van der Waals surface area contributed by atoms with Gasteiger partial charge in [0.25, 0.3) is 0 Å². The van der Waals surface area contributed by atoms with E-state index >= 15 is 0 Å². The SMILES string of the molecule is CCC(C)(C)C(NC(=O)C(F)(F)F)C(=O)O. The largest absolute Gasteiger partial charge is 0.480 e. The van der Waals surface area contributed by atoms with E-state index in [-0.39, 0.29) is 0 Å². The minimum atomic E-state index is -5.07. The van der Waals surface area contributed by atoms with E-state index in [1.54, 1.807) is 6.92 Å². The molecule has 1 amide bonds. The summed E-state index contributed by atoms with van der Waals surface area (Å²) in [7, 11) is 0. The summed E-state index contributed by atoms with van der Waals surface area (Å²) in [5.41, 5.74) is -0.952. The van der Waals surface area contributed by atoms with Gasteiger partial charge in [0.05, 0.1) is 0 Å². The minimum absolute atomic E-state index is 0.322. The van der Waals surface area contributed by atoms with E-state index in [2.05, 4.69) is 0 Å². The molecule has 1 atom stereocenters. The number of hydrogen-bond acceptors (Lipinski definition) is 2. The Balaban J connectivity index is 4.87. The second-order valence-corrected chi connectivity index (χ2v) is 4.08. The molecule has 0 aliphatic carbocycles. The molecule has 0 saturated heterocycles. The summed E-state index contributed by atoms with van der Waals surface area (Å²) in [5.74, 6) is -3.72. The van der Waals surface area contributed by atoms with Gasteiger partial charge in [-0.2, -0.15) is 13.2 Å². The molecule has 2 N–H and O–H groups in total. The zero-order chi connectivity index (χ0) is 13.1. The van der Waals surface area contributed by atoms with Gasteiger partial charge < -0.3 is 10.4 Å². The molecule has 0 radical (unpaired) electrons. The van der Waals surface area contributed by atoms with Crippen molar-refractivity contribution in [3.8, 4) is 0 Å². The van der Waals surface area contributed by atoms with Crippen molar-refractivity contribution in [3.05, 3.63) is 0 Å². The fourth-order valence-electron chi connectivity index (χ4n) is 1.01. The van der Waals surface area contributed by atoms with Crippen molar-refractivity contribution < 1.29 is 27.9 Å². The Bertz CT molecular complexity index is 286. The van der Waals surface area contributed by atoms with Gasteiger partial charge in [-0.1, -0.05) is 20.8 Å². The monoisotopic (exact) mass is 241 g/mol. The van der Waals surface area contributed by atoms with Crippen LogP contribution in [-0.4, -0.2) is 29.2 Å². The first-order chi connectivity index (χ1) is 7.02. The van der Waals surface area contributed by atoms with Gasteiger partial charge in [0, 0.05) is 0 Å². The number of carbonyl (C=O) groups excluding carboxylic acids is 1. The Hall–Kier alpha value is -1.27. The Morgan fingerprint density at radius 2 is 1.75 bits per heavy atom. The summed E-state index contributed by atoms with van der Waals surface area (Å²) in [5, 5.41) is 10.3. The van der Waals surface area contributed by atoms with Crippen molar-refractivity contribution in [3.63, 3.8) is 0 Å². The van der Waals surface area contributed by atoms with Crippen LogP contribution in [0.5, 0.6) is 0 Å². The van der Waals surface area contributed by atoms with Crippen molar-refractivity contribution in [2.75, 3.05) is 0 Å². The minimum Gasteiger partial charge on any atom is -0.480 e. The number of amides is 1. The number of nitrogens with one attached hydrogen (secondary N) is 1. The van der Waals surface area contributed by atoms with Crippen LogP contribution in [0.2, 0.25) is 0 Å². The maximum absolute atomic E-state index is 12.0. The summed E-state index contributed by atoms with van der Waals surface area (Å²) < 4.78 is 35.9. The molecule has 4 nitrogen and oxygen atoms in total. The molecule has 0 heterocycles. The fourth-order valence-corrected chi connectivity index (χ4v) is 1.01. The first-order valence-electron chi connectivity index (χ1n) is 4.63. The van der Waals surface area contributed by atoms with Crippen LogP contribution in [0.4, 0.5) is 13.2 Å². The van der Waals surface area contributed by atoms with Crippen molar-refractivity contribution in [2.45, 2.75) is 39.4 Å². The fraction of sp³-hybridized carbons (Fsp3) is 0.778. The summed E-state index contributed by atoms with van der Waals surface area (Å²) in [6.45, 7) is 4.58. The van der Waals surface area contributed by atoms with Crippen LogP contribution < -0.4 is 5.32 Å². The van der Waals surface area contributed by atoms with Crippen LogP contribution in [-0.2, 0) is 9.59 Å². The second kappa shape index (κ2) is 4.71. The zero-order valence-electron chi connectivity index (χ0n) is 9.18. The lowest BCUT2D eigenvalue weighted by Crippen LogP contribution is -2.53. The normalized spacial score (nSPS) is 14.4. The first kappa shape index (κ1) is 14.7. The van der Waals surface area contributed by atoms with E-state index < -0.39 is 29.5 Å². The second-order valence-electron chi connectivity index (χ2n) is 4.08. The van der Waals surface area contributed by atoms with Crippen molar-refractivity contribution in [1.82, 2.24) is 5.32 Å². The molecule has 0 saturated carbocycles. The lowest BCUT2D eigenvalue weighted by Gasteiger charge is -2.30. The molecular weight excluding hydrogens is 227 g/mol. The van der Waals surface area contributed by atoms with Crippen molar-refractivity contribution in [1.29, 1.82) is 0 Å². The molecule has 7 heteroatoms. The van der Waals surface area contributed by atoms with E-state index in [1.165, 1.54) is 19.2 Å². The van der Waals surface area contributed by atoms with Crippen molar-refractivity contribution in [2.24, 2.45) is 5.41 Å². The average Bonchev–Trinajstić information content (AvgIpc) is 2.11. The number of halogens is 3. The van der Waals surface area contributed by atoms with E-state index in [9.17, 15) is 22.8 Å². The average molecular weight is 241 g/mol. The third kappa shape index (κ3) is 3.71. The lowest BCUT2D eigenvalue weighted by atomic mass is 9.82. The maximum atomic E-state index is 12.0. The van der Waals surface area contributed by atoms with Crippen LogP contribution >= 0.6 is 0 Å². The molecule has 0 aromatic carbocycles. The number of aliphatic carboxylic acids is 1. The molecule has 0 rings (SSSR count). The highest BCUT2D eigenvalue weighted by Gasteiger charge is 2.44. The molecule has 0 aromatic heterocycles. The number of carbonyl (C=O) groups is 2. The molecule has 0 fully saturated rings. The highest BCUT2D eigenvalue weighted by Crippen LogP contribution is 2.26. The van der Waals surface area contributed by atoms with E-state index in [0.29, 0.717) is 6.42 Å². The standard InChI is InChI=1S/C9H14F3NO3/c1-4-8(2,3)5(6(14)15)13-7(16)9(10,11)12/h5H,4H2,1-3H3,(H,13,16)(H,14,15). The molecule has 0 aliphatic rings. The summed E-state index contributed by atoms with van der Waals surface area (Å²) in [6.07, 6.45) is -4.75. The number of hydrogen-bond donors (Lipinski definition) is 2. The van der Waals surface area contributed by atoms with Gasteiger partial charge in [-0.25, -0.2) is 4.79 Å². The molecule has 0 aliphatic heterocycles. The highest BCUT2D eigenvalue weighted by atomic mass is 19.4. The van der Waals surface area contributed by atoms with E-state index in [4.69, 9.17) is 5.11 Å². The molecule has 0 aromatic rings. The Labute approximate surface area is 90.8 Å². The number of carboxylic acids is 1. The van der Waals surface area contributed by atoms with Crippen LogP contribution in [0.3, 0.4) is 0 Å². The number of alkyl halides is 3. The first-order valence-corrected chi connectivity index (χ1v) is 4.63. The molecular formula is C9H14F3NO3. The van der Waals surface area contributed by atoms with Gasteiger partial charge in [0.15, 0.2) is 0 Å². The van der Waals surface area contributed by atoms with Crippen molar-refractivity contribution >= 4 is 11.9 Å². The van der Waals surface area contributed by atoms with Gasteiger partial charge >= 0.3 is 18.1 Å². The molecule has 16 heavy (non-hydrogen) atoms. The topological polar surface area (TPSA) is 66.4 Å². The predicted molar refractivity (Wildman–Crippen MR) is 49.7 cm³/mol. The summed E-state index contributed by atoms with van der Waals surface area (Å²) in [6, 6.07) is -1.56. The lowest BCUT2D eigenvalue weighted by molar-refractivity contribution is -0.176. The van der Waals surface area contributed by atoms with Crippen LogP contribution in [0.15, 0.2) is 0 Å². The Kier molecular flexibility index (Phi) is 4.34. The van der Waals surface area contributed by atoms with Crippen LogP contribution in [0.25, 0.3) is 0 Å². The van der Waals surface area contributed by atoms with Crippen LogP contribution in [0.1, 0.15) is 27.2 Å². The van der Waals surface area contributed by atoms with Gasteiger partial charge in [0.2, 0.25) is 0 Å². The van der Waals surface area contributed by atoms with Crippen LogP contribution in [0, 0.1) is 5.41 Å². The van der Waals surface area contributed by atoms with Gasteiger partial charge in [-0.05, 0) is 11.8 Å². The molecule has 94 valence electrons. The summed E-state index contributed by atoms with van der Waals surface area (Å²) >= 11 is 0. The molecule has 1 unspecified atom stereocenters. The molecule has 0 spiro atoms. The quantitative estimate of drug-likeness (QED) is 0.784. The molecule has 0 bridgehead atoms.